The second kappa shape index (κ2) is 7.13. The number of carbonyl (C=O) groups excluding carboxylic acids is 3. The minimum atomic E-state index is -0.668. The lowest BCUT2D eigenvalue weighted by Crippen LogP contribution is -2.55. The van der Waals surface area contributed by atoms with E-state index >= 15 is 0 Å². The fourth-order valence-electron chi connectivity index (χ4n) is 1.99. The molecule has 0 aromatic heterocycles. The summed E-state index contributed by atoms with van der Waals surface area (Å²) in [5, 5.41) is 1.63. The summed E-state index contributed by atoms with van der Waals surface area (Å²) in [5.74, 6) is -1.59. The second-order valence-electron chi connectivity index (χ2n) is 4.71. The van der Waals surface area contributed by atoms with Gasteiger partial charge in [0.25, 0.3) is 5.91 Å². The maximum atomic E-state index is 12.0. The zero-order chi connectivity index (χ0) is 16.1. The summed E-state index contributed by atoms with van der Waals surface area (Å²) in [5.41, 5.74) is 2.41. The normalized spacial score (nSPS) is 17.6. The Kier molecular flexibility index (Phi) is 5.21. The monoisotopic (exact) mass is 326 g/mol. The molecular formula is C14H15ClN2O5. The number of nitrogens with one attached hydrogen (secondary N) is 1. The van der Waals surface area contributed by atoms with E-state index in [1.54, 1.807) is 24.3 Å². The first-order valence-corrected chi connectivity index (χ1v) is 6.93. The topological polar surface area (TPSA) is 84.9 Å². The summed E-state index contributed by atoms with van der Waals surface area (Å²) in [7, 11) is 1.24. The summed E-state index contributed by atoms with van der Waals surface area (Å²) in [6.45, 7) is -0.211. The molecular weight excluding hydrogens is 312 g/mol. The molecule has 8 heteroatoms. The Morgan fingerprint density at radius 1 is 1.36 bits per heavy atom. The van der Waals surface area contributed by atoms with Gasteiger partial charge >= 0.3 is 5.97 Å². The lowest BCUT2D eigenvalue weighted by molar-refractivity contribution is -0.157. The number of nitrogens with zero attached hydrogens (tertiary/aromatic N) is 1. The Balaban J connectivity index is 1.92. The zero-order valence-electron chi connectivity index (χ0n) is 11.9. The van der Waals surface area contributed by atoms with E-state index in [-0.39, 0.29) is 19.6 Å². The van der Waals surface area contributed by atoms with Gasteiger partial charge in [-0.15, -0.1) is 0 Å². The summed E-state index contributed by atoms with van der Waals surface area (Å²) >= 11 is 5.75. The Morgan fingerprint density at radius 2 is 2.05 bits per heavy atom. The molecule has 0 bridgehead atoms. The highest BCUT2D eigenvalue weighted by molar-refractivity contribution is 6.30. The van der Waals surface area contributed by atoms with Gasteiger partial charge in [0.15, 0.2) is 6.61 Å². The van der Waals surface area contributed by atoms with Gasteiger partial charge in [-0.1, -0.05) is 11.6 Å². The predicted octanol–water partition coefficient (Wildman–Crippen LogP) is 0.772. The first-order valence-electron chi connectivity index (χ1n) is 6.55. The van der Waals surface area contributed by atoms with Gasteiger partial charge < -0.3 is 9.47 Å². The van der Waals surface area contributed by atoms with Gasteiger partial charge in [0.2, 0.25) is 5.91 Å². The summed E-state index contributed by atoms with van der Waals surface area (Å²) < 4.78 is 9.92. The second-order valence-corrected chi connectivity index (χ2v) is 5.14. The Hall–Kier alpha value is -2.28. The lowest BCUT2D eigenvalue weighted by atomic mass is 10.0. The Morgan fingerprint density at radius 3 is 2.68 bits per heavy atom. The van der Waals surface area contributed by atoms with E-state index in [0.717, 1.165) is 5.01 Å². The average molecular weight is 327 g/mol. The molecule has 0 spiro atoms. The molecule has 1 aromatic rings. The summed E-state index contributed by atoms with van der Waals surface area (Å²) in [4.78, 5) is 35.1. The van der Waals surface area contributed by atoms with Crippen molar-refractivity contribution in [3.05, 3.63) is 29.3 Å². The van der Waals surface area contributed by atoms with Crippen molar-refractivity contribution in [2.75, 3.05) is 20.3 Å². The van der Waals surface area contributed by atoms with Gasteiger partial charge in [0.1, 0.15) is 5.75 Å². The fourth-order valence-corrected chi connectivity index (χ4v) is 2.12. The van der Waals surface area contributed by atoms with Crippen LogP contribution in [0.2, 0.25) is 5.02 Å². The quantitative estimate of drug-likeness (QED) is 0.826. The largest absolute Gasteiger partial charge is 0.484 e. The number of methoxy groups -OCH3 is 1. The van der Waals surface area contributed by atoms with Crippen molar-refractivity contribution in [2.24, 2.45) is 5.92 Å². The van der Waals surface area contributed by atoms with Gasteiger partial charge in [0.05, 0.1) is 19.6 Å². The Bertz CT molecular complexity index is 575. The van der Waals surface area contributed by atoms with Gasteiger partial charge in [-0.2, -0.15) is 0 Å². The molecule has 2 rings (SSSR count). The molecule has 0 aliphatic carbocycles. The fraction of sp³-hybridized carbons (Fsp3) is 0.357. The first kappa shape index (κ1) is 16.1. The van der Waals surface area contributed by atoms with Crippen molar-refractivity contribution in [1.29, 1.82) is 0 Å². The van der Waals surface area contributed by atoms with Crippen molar-refractivity contribution >= 4 is 29.4 Å². The van der Waals surface area contributed by atoms with E-state index < -0.39 is 23.7 Å². The van der Waals surface area contributed by atoms with Crippen molar-refractivity contribution < 1.29 is 23.9 Å². The van der Waals surface area contributed by atoms with E-state index in [1.165, 1.54) is 7.11 Å². The van der Waals surface area contributed by atoms with Crippen LogP contribution in [0, 0.1) is 5.92 Å². The summed E-state index contributed by atoms with van der Waals surface area (Å²) in [6, 6.07) is 6.53. The number of carbonyl (C=O) groups is 3. The smallest absolute Gasteiger partial charge is 0.311 e. The average Bonchev–Trinajstić information content (AvgIpc) is 2.52. The molecule has 22 heavy (non-hydrogen) atoms. The third-order valence-corrected chi connectivity index (χ3v) is 3.36. The van der Waals surface area contributed by atoms with Crippen molar-refractivity contribution in [3.8, 4) is 5.75 Å². The van der Waals surface area contributed by atoms with E-state index in [0.29, 0.717) is 10.8 Å². The van der Waals surface area contributed by atoms with Crippen LogP contribution in [-0.2, 0) is 19.1 Å². The van der Waals surface area contributed by atoms with Gasteiger partial charge in [0, 0.05) is 11.4 Å². The highest BCUT2D eigenvalue weighted by atomic mass is 35.5. The van der Waals surface area contributed by atoms with Crippen LogP contribution in [0.15, 0.2) is 24.3 Å². The van der Waals surface area contributed by atoms with E-state index in [4.69, 9.17) is 16.3 Å². The molecule has 1 saturated heterocycles. The highest BCUT2D eigenvalue weighted by Gasteiger charge is 2.33. The standard InChI is InChI=1S/C14H15ClN2O5/c1-21-14(20)9-6-12(18)16-17(7-9)13(19)8-22-11-4-2-10(15)3-5-11/h2-5,9H,6-8H2,1H3,(H,16,18). The van der Waals surface area contributed by atoms with Crippen molar-refractivity contribution in [3.63, 3.8) is 0 Å². The molecule has 7 nitrogen and oxygen atoms in total. The molecule has 1 aliphatic rings. The molecule has 0 saturated carbocycles. The van der Waals surface area contributed by atoms with Gasteiger partial charge in [-0.05, 0) is 24.3 Å². The van der Waals surface area contributed by atoms with Crippen LogP contribution >= 0.6 is 11.6 Å². The number of halogens is 1. The molecule has 1 atom stereocenters. The zero-order valence-corrected chi connectivity index (χ0v) is 12.6. The van der Waals surface area contributed by atoms with Crippen LogP contribution in [-0.4, -0.2) is 43.1 Å². The highest BCUT2D eigenvalue weighted by Crippen LogP contribution is 2.16. The molecule has 118 valence electrons. The number of ether oxygens (including phenoxy) is 2. The molecule has 1 N–H and O–H groups in total. The molecule has 1 aliphatic heterocycles. The lowest BCUT2D eigenvalue weighted by Gasteiger charge is -2.31. The van der Waals surface area contributed by atoms with E-state index in [1.807, 2.05) is 0 Å². The predicted molar refractivity (Wildman–Crippen MR) is 76.9 cm³/mol. The number of benzene rings is 1. The van der Waals surface area contributed by atoms with Crippen LogP contribution in [0.1, 0.15) is 6.42 Å². The minimum Gasteiger partial charge on any atom is -0.484 e. The third-order valence-electron chi connectivity index (χ3n) is 3.11. The van der Waals surface area contributed by atoms with Gasteiger partial charge in [-0.3, -0.25) is 24.8 Å². The molecule has 2 amide bonds. The first-order chi connectivity index (χ1) is 10.5. The maximum absolute atomic E-state index is 12.0. The molecule has 1 unspecified atom stereocenters. The van der Waals surface area contributed by atoms with Crippen molar-refractivity contribution in [1.82, 2.24) is 10.4 Å². The Labute approximate surface area is 132 Å². The van der Waals surface area contributed by atoms with Crippen molar-refractivity contribution in [2.45, 2.75) is 6.42 Å². The number of hydrazine groups is 1. The molecule has 1 heterocycles. The van der Waals surface area contributed by atoms with Gasteiger partial charge in [-0.25, -0.2) is 0 Å². The number of esters is 1. The van der Waals surface area contributed by atoms with Crippen LogP contribution in [0.4, 0.5) is 0 Å². The number of rotatable bonds is 4. The minimum absolute atomic E-state index is 0.00546. The molecule has 1 fully saturated rings. The van der Waals surface area contributed by atoms with Crippen LogP contribution in [0.3, 0.4) is 0 Å². The van der Waals surface area contributed by atoms with Crippen LogP contribution in [0.25, 0.3) is 0 Å². The SMILES string of the molecule is COC(=O)C1CC(=O)NN(C(=O)COc2ccc(Cl)cc2)C1. The summed E-state index contributed by atoms with van der Waals surface area (Å²) in [6.07, 6.45) is -0.00546. The number of hydrogen-bond acceptors (Lipinski definition) is 5. The van der Waals surface area contributed by atoms with Crippen LogP contribution in [0.5, 0.6) is 5.75 Å². The van der Waals surface area contributed by atoms with E-state index in [9.17, 15) is 14.4 Å². The van der Waals surface area contributed by atoms with Crippen LogP contribution < -0.4 is 10.2 Å². The maximum Gasteiger partial charge on any atom is 0.311 e. The molecule has 0 radical (unpaired) electrons. The molecule has 1 aromatic carbocycles. The van der Waals surface area contributed by atoms with E-state index in [2.05, 4.69) is 10.2 Å². The number of amides is 2. The number of hydrogen-bond donors (Lipinski definition) is 1. The third kappa shape index (κ3) is 4.11.